The number of imidazole rings is 1. The lowest BCUT2D eigenvalue weighted by atomic mass is 10.1. The van der Waals surface area contributed by atoms with E-state index in [1.807, 2.05) is 0 Å². The van der Waals surface area contributed by atoms with Gasteiger partial charge in [-0.1, -0.05) is 12.5 Å². The van der Waals surface area contributed by atoms with Crippen LogP contribution in [0.1, 0.15) is 37.6 Å². The number of nitrogens with zero attached hydrogens (tertiary/aromatic N) is 3. The third-order valence-corrected chi connectivity index (χ3v) is 4.80. The predicted octanol–water partition coefficient (Wildman–Crippen LogP) is 3.96. The summed E-state index contributed by atoms with van der Waals surface area (Å²) in [4.78, 5) is 7.28. The number of rotatable bonds is 4. The molecule has 114 valence electrons. The number of likely N-dealkylation sites (tertiary alicyclic amines) is 1. The van der Waals surface area contributed by atoms with Gasteiger partial charge in [0.05, 0.1) is 16.9 Å². The minimum Gasteiger partial charge on any atom is -0.325 e. The molecule has 0 saturated carbocycles. The van der Waals surface area contributed by atoms with Crippen molar-refractivity contribution in [2.45, 2.75) is 51.6 Å². The second-order valence-corrected chi connectivity index (χ2v) is 6.48. The number of halogens is 1. The van der Waals surface area contributed by atoms with E-state index >= 15 is 0 Å². The Morgan fingerprint density at radius 1 is 1.24 bits per heavy atom. The molecule has 0 radical (unpaired) electrons. The van der Waals surface area contributed by atoms with Crippen LogP contribution in [0.4, 0.5) is 0 Å². The summed E-state index contributed by atoms with van der Waals surface area (Å²) in [5.74, 6) is 1.46. The molecule has 1 saturated heterocycles. The van der Waals surface area contributed by atoms with Crippen LogP contribution in [0.3, 0.4) is 0 Å². The van der Waals surface area contributed by atoms with Gasteiger partial charge in [-0.05, 0) is 57.5 Å². The Bertz CT molecular complexity index is 614. The van der Waals surface area contributed by atoms with Gasteiger partial charge < -0.3 is 4.57 Å². The fourth-order valence-corrected chi connectivity index (χ4v) is 3.53. The minimum atomic E-state index is 0.473. The van der Waals surface area contributed by atoms with Crippen LogP contribution in [-0.2, 0) is 12.4 Å². The Hall–Kier alpha value is -1.06. The number of fused-ring (bicyclic) bond motifs is 1. The molecule has 1 aliphatic rings. The molecule has 21 heavy (non-hydrogen) atoms. The molecule has 1 aromatic carbocycles. The van der Waals surface area contributed by atoms with E-state index in [2.05, 4.69) is 46.5 Å². The van der Waals surface area contributed by atoms with E-state index in [9.17, 15) is 0 Å². The summed E-state index contributed by atoms with van der Waals surface area (Å²) in [7, 11) is 0. The molecule has 2 aromatic rings. The van der Waals surface area contributed by atoms with Crippen LogP contribution >= 0.6 is 11.6 Å². The number of aryl methyl sites for hydroxylation is 1. The molecule has 3 nitrogen and oxygen atoms in total. The molecule has 1 atom stereocenters. The van der Waals surface area contributed by atoms with Gasteiger partial charge in [-0.25, -0.2) is 4.98 Å². The molecule has 3 rings (SSSR count). The van der Waals surface area contributed by atoms with Crippen LogP contribution in [-0.4, -0.2) is 33.6 Å². The summed E-state index contributed by atoms with van der Waals surface area (Å²) in [5.41, 5.74) is 3.55. The molecule has 0 bridgehead atoms. The Morgan fingerprint density at radius 3 is 2.71 bits per heavy atom. The zero-order valence-electron chi connectivity index (χ0n) is 13.0. The molecule has 2 heterocycles. The highest BCUT2D eigenvalue weighted by atomic mass is 35.5. The first-order valence-electron chi connectivity index (χ1n) is 7.95. The second kappa shape index (κ2) is 6.37. The summed E-state index contributed by atoms with van der Waals surface area (Å²) in [6, 6.07) is 6.97. The van der Waals surface area contributed by atoms with Crippen LogP contribution < -0.4 is 0 Å². The van der Waals surface area contributed by atoms with Crippen molar-refractivity contribution in [3.8, 4) is 0 Å². The lowest BCUT2D eigenvalue weighted by Gasteiger charge is -2.32. The van der Waals surface area contributed by atoms with E-state index in [4.69, 9.17) is 11.6 Å². The normalized spacial score (nSPS) is 18.2. The number of alkyl halides is 1. The lowest BCUT2D eigenvalue weighted by molar-refractivity contribution is 0.160. The summed E-state index contributed by atoms with van der Waals surface area (Å²) in [5, 5.41) is 0. The standard InChI is InChI=1S/C17H24ClN3/c1-13-6-7-15-16(10-13)21(17(11-18)19-15)12-14(2)20-8-4-3-5-9-20/h6-7,10,14H,3-5,8-9,11-12H2,1-2H3. The van der Waals surface area contributed by atoms with Crippen LogP contribution in [0.2, 0.25) is 0 Å². The molecule has 1 fully saturated rings. The largest absolute Gasteiger partial charge is 0.325 e. The smallest absolute Gasteiger partial charge is 0.124 e. The number of aromatic nitrogens is 2. The van der Waals surface area contributed by atoms with Crippen molar-refractivity contribution < 1.29 is 0 Å². The van der Waals surface area contributed by atoms with Crippen molar-refractivity contribution >= 4 is 22.6 Å². The van der Waals surface area contributed by atoms with Crippen LogP contribution in [0.25, 0.3) is 11.0 Å². The molecule has 0 amide bonds. The monoisotopic (exact) mass is 305 g/mol. The van der Waals surface area contributed by atoms with Gasteiger partial charge in [0, 0.05) is 12.6 Å². The van der Waals surface area contributed by atoms with E-state index in [0.717, 1.165) is 17.9 Å². The molecule has 1 aromatic heterocycles. The van der Waals surface area contributed by atoms with E-state index in [0.29, 0.717) is 11.9 Å². The molecule has 0 N–H and O–H groups in total. The number of hydrogen-bond acceptors (Lipinski definition) is 2. The van der Waals surface area contributed by atoms with Gasteiger partial charge in [-0.3, -0.25) is 4.90 Å². The highest BCUT2D eigenvalue weighted by Gasteiger charge is 2.19. The van der Waals surface area contributed by atoms with Gasteiger partial charge in [-0.15, -0.1) is 11.6 Å². The first-order valence-corrected chi connectivity index (χ1v) is 8.48. The Labute approximate surface area is 131 Å². The molecule has 1 aliphatic heterocycles. The van der Waals surface area contributed by atoms with Crippen molar-refractivity contribution in [2.75, 3.05) is 13.1 Å². The van der Waals surface area contributed by atoms with Gasteiger partial charge in [0.2, 0.25) is 0 Å². The Kier molecular flexibility index (Phi) is 4.51. The third kappa shape index (κ3) is 3.09. The maximum atomic E-state index is 6.12. The van der Waals surface area contributed by atoms with Gasteiger partial charge in [0.1, 0.15) is 5.82 Å². The summed E-state index contributed by atoms with van der Waals surface area (Å²) >= 11 is 6.12. The highest BCUT2D eigenvalue weighted by molar-refractivity contribution is 6.16. The molecule has 0 spiro atoms. The molecular formula is C17H24ClN3. The minimum absolute atomic E-state index is 0.473. The van der Waals surface area contributed by atoms with Crippen LogP contribution in [0, 0.1) is 6.92 Å². The topological polar surface area (TPSA) is 21.1 Å². The number of benzene rings is 1. The molecular weight excluding hydrogens is 282 g/mol. The second-order valence-electron chi connectivity index (χ2n) is 6.21. The first-order chi connectivity index (χ1) is 10.2. The first kappa shape index (κ1) is 14.9. The highest BCUT2D eigenvalue weighted by Crippen LogP contribution is 2.21. The van der Waals surface area contributed by atoms with Crippen LogP contribution in [0.15, 0.2) is 18.2 Å². The van der Waals surface area contributed by atoms with Crippen molar-refractivity contribution in [1.29, 1.82) is 0 Å². The van der Waals surface area contributed by atoms with Crippen molar-refractivity contribution in [2.24, 2.45) is 0 Å². The van der Waals surface area contributed by atoms with Gasteiger partial charge >= 0.3 is 0 Å². The fourth-order valence-electron chi connectivity index (χ4n) is 3.33. The van der Waals surface area contributed by atoms with Gasteiger partial charge in [0.15, 0.2) is 0 Å². The van der Waals surface area contributed by atoms with Gasteiger partial charge in [-0.2, -0.15) is 0 Å². The van der Waals surface area contributed by atoms with Crippen LogP contribution in [0.5, 0.6) is 0 Å². The quantitative estimate of drug-likeness (QED) is 0.797. The summed E-state index contributed by atoms with van der Waals surface area (Å²) < 4.78 is 2.31. The Balaban J connectivity index is 1.89. The maximum absolute atomic E-state index is 6.12. The lowest BCUT2D eigenvalue weighted by Crippen LogP contribution is -2.40. The third-order valence-electron chi connectivity index (χ3n) is 4.56. The van der Waals surface area contributed by atoms with Crippen molar-refractivity contribution in [1.82, 2.24) is 14.5 Å². The van der Waals surface area contributed by atoms with Crippen molar-refractivity contribution in [3.63, 3.8) is 0 Å². The Morgan fingerprint density at radius 2 is 2.00 bits per heavy atom. The molecule has 1 unspecified atom stereocenters. The zero-order chi connectivity index (χ0) is 14.8. The summed E-state index contributed by atoms with van der Waals surface area (Å²) in [6.07, 6.45) is 4.04. The van der Waals surface area contributed by atoms with E-state index in [-0.39, 0.29) is 0 Å². The van der Waals surface area contributed by atoms with Crippen molar-refractivity contribution in [3.05, 3.63) is 29.6 Å². The summed E-state index contributed by atoms with van der Waals surface area (Å²) in [6.45, 7) is 7.88. The molecule has 4 heteroatoms. The molecule has 0 aliphatic carbocycles. The zero-order valence-corrected chi connectivity index (χ0v) is 13.7. The maximum Gasteiger partial charge on any atom is 0.124 e. The van der Waals surface area contributed by atoms with E-state index < -0.39 is 0 Å². The predicted molar refractivity (Wildman–Crippen MR) is 88.9 cm³/mol. The number of hydrogen-bond donors (Lipinski definition) is 0. The average molecular weight is 306 g/mol. The van der Waals surface area contributed by atoms with E-state index in [1.165, 1.54) is 43.4 Å². The average Bonchev–Trinajstić information content (AvgIpc) is 2.85. The van der Waals surface area contributed by atoms with E-state index in [1.54, 1.807) is 0 Å². The SMILES string of the molecule is Cc1ccc2nc(CCl)n(CC(C)N3CCCCC3)c2c1. The fraction of sp³-hybridized carbons (Fsp3) is 0.588. The number of piperidine rings is 1. The van der Waals surface area contributed by atoms with Gasteiger partial charge in [0.25, 0.3) is 0 Å².